The van der Waals surface area contributed by atoms with Crippen molar-refractivity contribution >= 4 is 61.4 Å². The van der Waals surface area contributed by atoms with Gasteiger partial charge in [-0.1, -0.05) is 95.7 Å². The Kier molecular flexibility index (Phi) is 40.9. The summed E-state index contributed by atoms with van der Waals surface area (Å²) in [5.74, 6) is -3.68. The number of Topliss-reactive ketones (excluding diaryl/α,β-unsaturated/α-hetero) is 1. The Morgan fingerprint density at radius 3 is 1.73 bits per heavy atom. The average Bonchev–Trinajstić information content (AvgIpc) is 1.71. The van der Waals surface area contributed by atoms with E-state index in [1.54, 1.807) is 90.7 Å². The summed E-state index contributed by atoms with van der Waals surface area (Å²) in [5, 5.41) is 17.1. The van der Waals surface area contributed by atoms with Gasteiger partial charge in [-0.25, -0.2) is 11.3 Å². The molecule has 7 aromatic heterocycles. The molecule has 15 rings (SSSR count). The van der Waals surface area contributed by atoms with Crippen LogP contribution in [0, 0.1) is 93.2 Å². The number of anilines is 4. The van der Waals surface area contributed by atoms with Crippen LogP contribution >= 0.6 is 11.3 Å². The van der Waals surface area contributed by atoms with E-state index in [1.165, 1.54) is 59.7 Å². The Morgan fingerprint density at radius 2 is 1.21 bits per heavy atom. The summed E-state index contributed by atoms with van der Waals surface area (Å²) < 4.78 is 66.6. The molecule has 15 nitrogen and oxygen atoms in total. The van der Waals surface area contributed by atoms with Crippen LogP contribution in [0.1, 0.15) is 29.9 Å². The molecule has 0 bridgehead atoms. The number of aromatic nitrogens is 7. The second kappa shape index (κ2) is 47.8. The molecule has 556 valence electrons. The first-order valence-corrected chi connectivity index (χ1v) is 31.6. The van der Waals surface area contributed by atoms with E-state index in [0.29, 0.717) is 17.1 Å². The second-order valence-corrected chi connectivity index (χ2v) is 22.5. The number of thiophene rings is 1. The minimum Gasteiger partial charge on any atom is -0.574 e. The number of nitrogens with zero attached hydrogens (tertiary/aromatic N) is 12. The number of para-hydroxylation sites is 3. The van der Waals surface area contributed by atoms with Crippen LogP contribution in [-0.4, -0.2) is 65.7 Å². The van der Waals surface area contributed by atoms with Gasteiger partial charge in [0.1, 0.15) is 0 Å². The number of rotatable bonds is 8. The first-order valence-electron chi connectivity index (χ1n) is 30.8. The molecule has 2 aliphatic heterocycles. The van der Waals surface area contributed by atoms with Crippen LogP contribution in [0.15, 0.2) is 262 Å². The van der Waals surface area contributed by atoms with Gasteiger partial charge in [0.05, 0.1) is 12.3 Å². The van der Waals surface area contributed by atoms with E-state index in [2.05, 4.69) is 149 Å². The first kappa shape index (κ1) is 91.5. The van der Waals surface area contributed by atoms with Crippen molar-refractivity contribution in [2.45, 2.75) is 20.8 Å². The van der Waals surface area contributed by atoms with Gasteiger partial charge in [0.2, 0.25) is 0 Å². The van der Waals surface area contributed by atoms with Crippen LogP contribution in [0.5, 0.6) is 0 Å². The zero-order valence-electron chi connectivity index (χ0n) is 57.2. The second-order valence-electron chi connectivity index (χ2n) is 21.4. The Labute approximate surface area is 690 Å². The third kappa shape index (κ3) is 28.9. The van der Waals surface area contributed by atoms with E-state index in [1.807, 2.05) is 116 Å². The summed E-state index contributed by atoms with van der Waals surface area (Å²) in [5.41, 5.74) is 8.70. The molecule has 0 aliphatic carbocycles. The Bertz CT molecular complexity index is 4870. The van der Waals surface area contributed by atoms with Gasteiger partial charge >= 0.3 is 20.1 Å². The number of aliphatic hydroxyl groups excluding tert-OH is 1. The Morgan fingerprint density at radius 1 is 0.598 bits per heavy atom. The van der Waals surface area contributed by atoms with Crippen molar-refractivity contribution in [1.82, 2.24) is 40.0 Å². The third-order valence-electron chi connectivity index (χ3n) is 13.6. The number of ketones is 2. The number of aliphatic hydroxyl groups is 1. The van der Waals surface area contributed by atoms with Gasteiger partial charge in [-0.15, -0.1) is 89.1 Å². The fourth-order valence-electron chi connectivity index (χ4n) is 8.98. The van der Waals surface area contributed by atoms with Gasteiger partial charge in [0.15, 0.2) is 11.5 Å². The zero-order chi connectivity index (χ0) is 72.8. The minimum atomic E-state index is -0.918. The molecule has 0 atom stereocenters. The Hall–Kier alpha value is -9.68. The number of fused-ring (bicyclic) bond motifs is 2. The molecule has 0 saturated carbocycles. The van der Waals surface area contributed by atoms with Gasteiger partial charge in [0, 0.05) is 181 Å². The van der Waals surface area contributed by atoms with Crippen molar-refractivity contribution < 1.29 is 137 Å². The molecule has 2 aliphatic rings. The van der Waals surface area contributed by atoms with E-state index in [9.17, 15) is 31.5 Å². The van der Waals surface area contributed by atoms with E-state index < -0.39 is 29.0 Å². The van der Waals surface area contributed by atoms with Crippen LogP contribution in [0.4, 0.5) is 50.4 Å². The number of aryl methyl sites for hydroxylation is 1. The van der Waals surface area contributed by atoms with Gasteiger partial charge in [-0.2, -0.15) is 56.7 Å². The van der Waals surface area contributed by atoms with Crippen LogP contribution in [0.25, 0.3) is 59.4 Å². The van der Waals surface area contributed by atoms with Crippen molar-refractivity contribution in [3.63, 3.8) is 0 Å². The molecule has 13 aromatic rings. The fourth-order valence-corrected chi connectivity index (χ4v) is 9.96. The average molecular weight is 2340 g/mol. The van der Waals surface area contributed by atoms with E-state index in [0.717, 1.165) is 57.1 Å². The summed E-state index contributed by atoms with van der Waals surface area (Å²) in [6, 6.07) is 73.5. The summed E-state index contributed by atoms with van der Waals surface area (Å²) in [6.45, 7) is 18.6. The fraction of sp³-hybridized carbons (Fsp3) is 0.0617. The van der Waals surface area contributed by atoms with Crippen molar-refractivity contribution in [3.8, 4) is 44.5 Å². The number of hydrogen-bond donors (Lipinski definition) is 1. The van der Waals surface area contributed by atoms with Gasteiger partial charge in [0.25, 0.3) is 0 Å². The number of carbonyl (C=O) groups is 2. The molecule has 4 radical (unpaired) electrons. The zero-order valence-corrected chi connectivity index (χ0v) is 70.0. The molecule has 6 aromatic carbocycles. The molecule has 107 heavy (non-hydrogen) atoms. The molecule has 1 N–H and O–H groups in total. The number of benzene rings is 6. The molecule has 9 heterocycles. The number of allylic oxidation sites excluding steroid dienone is 2. The Balaban J connectivity index is 0.000000319. The number of carbonyl (C=O) groups excluding carboxylic acids is 2. The van der Waals surface area contributed by atoms with Crippen LogP contribution < -0.4 is 19.8 Å². The molecule has 0 spiro atoms. The maximum atomic E-state index is 13.8. The largest absolute Gasteiger partial charge is 3.00 e. The third-order valence-corrected chi connectivity index (χ3v) is 14.7. The molecule has 0 saturated heterocycles. The molecular weight excluding hydrogens is 2280 g/mol. The number of halogens is 5. The standard InChI is InChI=1S/C14H12N2.C13H7F2N2.C13H8NS.C11H6F2N.C10H9FN2.C8H6N3.C7H6NO.C5H8O2.5Ir/c1-15-11-16(12-7-3-2-4-8-12)14-10-6-5-9-13(14)15;1-8-5-6-17-11(7-8)9-3-4-10(14)13(16-2)12(9)15;1-2-7-12-10(5-1)9-13(15-12)11-6-3-4-8-14-11;12-8-4-5-9(10(13)7-8)11-3-1-2-6-14-11;1-12-6-7-13(8-12)10-4-2-9(11)3-5-10;1-2-5-9-7(3-1)8-4-6-10-11-8;1-6(9)7-4-2-3-5-8-7;1-4(6)3-5(2)7;;;;;/h2-7,9-11H,1H3;4-7H,1H3;1-8H;1-4,6-7H;2-4,6-8H,1H3;1-6H;2-5H,1H2;3,6H,1-2H3;;;;;/q-2;3*-1;-2;2*-1;;;;;;+3. The molecule has 0 fully saturated rings. The van der Waals surface area contributed by atoms with Crippen LogP contribution in [-0.2, 0) is 105 Å². The van der Waals surface area contributed by atoms with E-state index in [4.69, 9.17) is 11.7 Å². The van der Waals surface area contributed by atoms with Gasteiger partial charge in [-0.05, 0) is 122 Å². The maximum Gasteiger partial charge on any atom is 3.00 e. The molecular formula is C81H62F5Ir5N12O3S-6. The van der Waals surface area contributed by atoms with Gasteiger partial charge < -0.3 is 59.6 Å². The van der Waals surface area contributed by atoms with Crippen LogP contribution in [0.2, 0.25) is 0 Å². The normalized spacial score (nSPS) is 10.9. The molecule has 26 heteroatoms. The number of hydrogen-bond acceptors (Lipinski definition) is 14. The topological polar surface area (TPSA) is 163 Å². The van der Waals surface area contributed by atoms with Crippen LogP contribution in [0.3, 0.4) is 0 Å². The molecule has 0 unspecified atom stereocenters. The summed E-state index contributed by atoms with van der Waals surface area (Å²) in [6.07, 6.45) is 14.8. The predicted octanol–water partition coefficient (Wildman–Crippen LogP) is 18.7. The molecule has 0 amide bonds. The van der Waals surface area contributed by atoms with Crippen molar-refractivity contribution in [1.29, 1.82) is 0 Å². The predicted molar refractivity (Wildman–Crippen MR) is 389 cm³/mol. The van der Waals surface area contributed by atoms with Crippen molar-refractivity contribution in [2.24, 2.45) is 0 Å². The minimum absolute atomic E-state index is 0. The first-order chi connectivity index (χ1) is 49.3. The van der Waals surface area contributed by atoms with Gasteiger partial charge in [-0.3, -0.25) is 36.6 Å². The summed E-state index contributed by atoms with van der Waals surface area (Å²) in [7, 11) is 3.99. The SMILES string of the molecule is CC(=O)C=C(C)O.CN1C=CN(c2[c-]cc(F)cc2)[CH-]1.CN1[CH-]N(c2[c-]cccc2)c2ccccc21.Fc1c[c-]c(-c2ccccn2)c(F)c1.[C-]#[N+]c1c(F)c[c-]c(-c2cc(C)ccn2)c1F.[CH2-]C(=O)c1ccccn1.[Ir+3].[Ir].[Ir].[Ir].[Ir].[c-]1c(-c2ccccn2)sc2ccccc12.c1ccc(-c2ccn[n-]2)nc1. The van der Waals surface area contributed by atoms with E-state index in [-0.39, 0.29) is 135 Å². The number of pyridine rings is 5. The van der Waals surface area contributed by atoms with Crippen molar-refractivity contribution in [3.05, 3.63) is 364 Å². The van der Waals surface area contributed by atoms with E-state index >= 15 is 0 Å². The maximum absolute atomic E-state index is 13.8. The summed E-state index contributed by atoms with van der Waals surface area (Å²) in [4.78, 5) is 52.6. The van der Waals surface area contributed by atoms with Crippen molar-refractivity contribution in [2.75, 3.05) is 28.8 Å². The summed E-state index contributed by atoms with van der Waals surface area (Å²) >= 11 is 1.73. The smallest absolute Gasteiger partial charge is 0.574 e. The quantitative estimate of drug-likeness (QED) is 0.0502. The monoisotopic (exact) mass is 2340 g/mol.